The average molecular weight is 484 g/mol. The highest BCUT2D eigenvalue weighted by molar-refractivity contribution is 14.0. The van der Waals surface area contributed by atoms with Gasteiger partial charge in [0.15, 0.2) is 5.96 Å². The Labute approximate surface area is 175 Å². The van der Waals surface area contributed by atoms with Crippen molar-refractivity contribution in [2.75, 3.05) is 57.9 Å². The number of guanidine groups is 1. The molecular weight excluding hydrogens is 447 g/mol. The van der Waals surface area contributed by atoms with E-state index in [-0.39, 0.29) is 29.5 Å². The second kappa shape index (κ2) is 13.4. The SMILES string of the molecule is CCNC(=NCC1(N2CCCC2)CCOCC1)NCCCCSC.I. The van der Waals surface area contributed by atoms with E-state index in [1.165, 1.54) is 44.5 Å². The van der Waals surface area contributed by atoms with Gasteiger partial charge in [-0.15, -0.1) is 24.0 Å². The van der Waals surface area contributed by atoms with E-state index in [9.17, 15) is 0 Å². The summed E-state index contributed by atoms with van der Waals surface area (Å²) in [5.41, 5.74) is 0.218. The monoisotopic (exact) mass is 484 g/mol. The molecule has 0 bridgehead atoms. The molecule has 2 aliphatic heterocycles. The lowest BCUT2D eigenvalue weighted by Gasteiger charge is -2.43. The van der Waals surface area contributed by atoms with Crippen LogP contribution in [-0.2, 0) is 4.74 Å². The maximum absolute atomic E-state index is 5.63. The summed E-state index contributed by atoms with van der Waals surface area (Å²) in [5, 5.41) is 6.91. The summed E-state index contributed by atoms with van der Waals surface area (Å²) in [4.78, 5) is 7.65. The van der Waals surface area contributed by atoms with Gasteiger partial charge in [0.2, 0.25) is 0 Å². The van der Waals surface area contributed by atoms with Crippen molar-refractivity contribution in [1.82, 2.24) is 15.5 Å². The van der Waals surface area contributed by atoms with E-state index in [4.69, 9.17) is 9.73 Å². The van der Waals surface area contributed by atoms with Gasteiger partial charge in [-0.05, 0) is 70.5 Å². The zero-order valence-electron chi connectivity index (χ0n) is 16.0. The molecule has 0 amide bonds. The molecule has 0 aliphatic carbocycles. The smallest absolute Gasteiger partial charge is 0.191 e. The number of likely N-dealkylation sites (tertiary alicyclic amines) is 1. The van der Waals surface area contributed by atoms with Crippen LogP contribution in [0, 0.1) is 0 Å². The number of unbranched alkanes of at least 4 members (excludes halogenated alkanes) is 1. The number of ether oxygens (including phenoxy) is 1. The van der Waals surface area contributed by atoms with Crippen molar-refractivity contribution >= 4 is 41.7 Å². The van der Waals surface area contributed by atoms with Crippen LogP contribution >= 0.6 is 35.7 Å². The molecule has 0 radical (unpaired) electrons. The first-order valence-corrected chi connectivity index (χ1v) is 11.0. The van der Waals surface area contributed by atoms with Crippen LogP contribution in [-0.4, -0.2) is 74.3 Å². The van der Waals surface area contributed by atoms with E-state index in [2.05, 4.69) is 28.7 Å². The standard InChI is InChI=1S/C18H36N4OS.HI/c1-3-19-17(20-10-4-7-15-24-2)21-16-18(8-13-23-14-9-18)22-11-5-6-12-22;/h3-16H2,1-2H3,(H2,19,20,21);1H. The van der Waals surface area contributed by atoms with Crippen LogP contribution in [0.2, 0.25) is 0 Å². The lowest BCUT2D eigenvalue weighted by molar-refractivity contribution is -0.0139. The number of nitrogens with zero attached hydrogens (tertiary/aromatic N) is 2. The van der Waals surface area contributed by atoms with Crippen LogP contribution in [0.5, 0.6) is 0 Å². The molecular formula is C18H37IN4OS. The van der Waals surface area contributed by atoms with Crippen LogP contribution in [0.1, 0.15) is 45.4 Å². The van der Waals surface area contributed by atoms with Gasteiger partial charge in [-0.3, -0.25) is 9.89 Å². The maximum atomic E-state index is 5.63. The van der Waals surface area contributed by atoms with Crippen molar-refractivity contribution in [3.8, 4) is 0 Å². The zero-order chi connectivity index (χ0) is 17.1. The molecule has 148 valence electrons. The first kappa shape index (κ1) is 23.3. The Bertz CT molecular complexity index is 372. The van der Waals surface area contributed by atoms with Crippen molar-refractivity contribution < 1.29 is 4.74 Å². The largest absolute Gasteiger partial charge is 0.381 e. The molecule has 2 N–H and O–H groups in total. The summed E-state index contributed by atoms with van der Waals surface area (Å²) in [6.07, 6.45) is 9.54. The predicted octanol–water partition coefficient (Wildman–Crippen LogP) is 2.95. The second-order valence-corrected chi connectivity index (χ2v) is 7.84. The van der Waals surface area contributed by atoms with Gasteiger partial charge in [0.05, 0.1) is 6.54 Å². The first-order valence-electron chi connectivity index (χ1n) is 9.65. The molecule has 0 atom stereocenters. The third-order valence-electron chi connectivity index (χ3n) is 5.14. The maximum Gasteiger partial charge on any atom is 0.191 e. The quantitative estimate of drug-likeness (QED) is 0.228. The molecule has 2 rings (SSSR count). The molecule has 0 aromatic rings. The lowest BCUT2D eigenvalue weighted by Crippen LogP contribution is -2.54. The van der Waals surface area contributed by atoms with Gasteiger partial charge in [-0.25, -0.2) is 0 Å². The van der Waals surface area contributed by atoms with E-state index in [0.29, 0.717) is 0 Å². The molecule has 25 heavy (non-hydrogen) atoms. The van der Waals surface area contributed by atoms with Gasteiger partial charge in [-0.1, -0.05) is 0 Å². The van der Waals surface area contributed by atoms with Crippen molar-refractivity contribution in [2.24, 2.45) is 4.99 Å². The number of nitrogens with one attached hydrogen (secondary N) is 2. The number of thioether (sulfide) groups is 1. The number of rotatable bonds is 9. The van der Waals surface area contributed by atoms with Gasteiger partial charge >= 0.3 is 0 Å². The van der Waals surface area contributed by atoms with Crippen LogP contribution in [0.15, 0.2) is 4.99 Å². The molecule has 0 aromatic heterocycles. The van der Waals surface area contributed by atoms with E-state index in [1.54, 1.807) is 0 Å². The van der Waals surface area contributed by atoms with Gasteiger partial charge in [0.25, 0.3) is 0 Å². The Morgan fingerprint density at radius 3 is 2.52 bits per heavy atom. The average Bonchev–Trinajstić information content (AvgIpc) is 3.15. The minimum atomic E-state index is 0. The normalized spacial score (nSPS) is 21.0. The Morgan fingerprint density at radius 2 is 1.88 bits per heavy atom. The van der Waals surface area contributed by atoms with Crippen LogP contribution in [0.3, 0.4) is 0 Å². The Morgan fingerprint density at radius 1 is 1.16 bits per heavy atom. The van der Waals surface area contributed by atoms with Gasteiger partial charge in [0, 0.05) is 31.8 Å². The summed E-state index contributed by atoms with van der Waals surface area (Å²) in [5.74, 6) is 2.22. The highest BCUT2D eigenvalue weighted by atomic mass is 127. The Hall–Kier alpha value is 0.270. The molecule has 0 saturated carbocycles. The number of aliphatic imine (C=N–C) groups is 1. The van der Waals surface area contributed by atoms with Crippen molar-refractivity contribution in [2.45, 2.75) is 51.0 Å². The fourth-order valence-electron chi connectivity index (χ4n) is 3.66. The van der Waals surface area contributed by atoms with E-state index in [0.717, 1.165) is 51.6 Å². The molecule has 2 fully saturated rings. The topological polar surface area (TPSA) is 48.9 Å². The molecule has 0 unspecified atom stereocenters. The van der Waals surface area contributed by atoms with Crippen molar-refractivity contribution in [3.63, 3.8) is 0 Å². The molecule has 7 heteroatoms. The highest BCUT2D eigenvalue weighted by Crippen LogP contribution is 2.31. The number of hydrogen-bond acceptors (Lipinski definition) is 4. The predicted molar refractivity (Wildman–Crippen MR) is 121 cm³/mol. The summed E-state index contributed by atoms with van der Waals surface area (Å²) in [6, 6.07) is 0. The first-order chi connectivity index (χ1) is 11.8. The van der Waals surface area contributed by atoms with Crippen molar-refractivity contribution in [1.29, 1.82) is 0 Å². The fourth-order valence-corrected chi connectivity index (χ4v) is 4.16. The minimum absolute atomic E-state index is 0. The van der Waals surface area contributed by atoms with E-state index < -0.39 is 0 Å². The molecule has 2 aliphatic rings. The molecule has 0 spiro atoms. The van der Waals surface area contributed by atoms with Gasteiger partial charge < -0.3 is 15.4 Å². The molecule has 0 aromatic carbocycles. The van der Waals surface area contributed by atoms with E-state index in [1.807, 2.05) is 11.8 Å². The van der Waals surface area contributed by atoms with Crippen LogP contribution < -0.4 is 10.6 Å². The van der Waals surface area contributed by atoms with Crippen LogP contribution in [0.25, 0.3) is 0 Å². The fraction of sp³-hybridized carbons (Fsp3) is 0.944. The van der Waals surface area contributed by atoms with Crippen molar-refractivity contribution in [3.05, 3.63) is 0 Å². The molecule has 2 heterocycles. The molecule has 2 saturated heterocycles. The minimum Gasteiger partial charge on any atom is -0.381 e. The van der Waals surface area contributed by atoms with Gasteiger partial charge in [-0.2, -0.15) is 11.8 Å². The van der Waals surface area contributed by atoms with Gasteiger partial charge in [0.1, 0.15) is 0 Å². The number of hydrogen-bond donors (Lipinski definition) is 2. The summed E-state index contributed by atoms with van der Waals surface area (Å²) >= 11 is 1.92. The Balaban J connectivity index is 0.00000312. The zero-order valence-corrected chi connectivity index (χ0v) is 19.2. The summed E-state index contributed by atoms with van der Waals surface area (Å²) < 4.78 is 5.63. The highest BCUT2D eigenvalue weighted by Gasteiger charge is 2.39. The molecule has 5 nitrogen and oxygen atoms in total. The number of halogens is 1. The van der Waals surface area contributed by atoms with Crippen LogP contribution in [0.4, 0.5) is 0 Å². The summed E-state index contributed by atoms with van der Waals surface area (Å²) in [6.45, 7) is 9.16. The Kier molecular flexibility index (Phi) is 12.5. The third kappa shape index (κ3) is 7.81. The summed E-state index contributed by atoms with van der Waals surface area (Å²) in [7, 11) is 0. The second-order valence-electron chi connectivity index (χ2n) is 6.85. The third-order valence-corrected chi connectivity index (χ3v) is 5.84. The van der Waals surface area contributed by atoms with E-state index >= 15 is 0 Å². The lowest BCUT2D eigenvalue weighted by atomic mass is 9.88.